The number of benzene rings is 2. The minimum atomic E-state index is -0.0657. The molecule has 0 bridgehead atoms. The van der Waals surface area contributed by atoms with Crippen LogP contribution in [-0.4, -0.2) is 35.1 Å². The smallest absolute Gasteiger partial charge is 0.188 e. The molecule has 0 saturated carbocycles. The first-order chi connectivity index (χ1) is 12.5. The molecule has 0 aliphatic rings. The highest BCUT2D eigenvalue weighted by molar-refractivity contribution is 7.49. The average Bonchev–Trinajstić information content (AvgIpc) is 2.66. The van der Waals surface area contributed by atoms with Gasteiger partial charge in [0.05, 0.1) is 7.11 Å². The monoisotopic (exact) mass is 375 g/mol. The van der Waals surface area contributed by atoms with Crippen molar-refractivity contribution in [1.82, 2.24) is 0 Å². The summed E-state index contributed by atoms with van der Waals surface area (Å²) in [4.78, 5) is 2.17. The summed E-state index contributed by atoms with van der Waals surface area (Å²) in [7, 11) is 8.08. The molecule has 2 unspecified atom stereocenters. The molecular weight excluding hydrogens is 345 g/mol. The van der Waals surface area contributed by atoms with Crippen LogP contribution in [0, 0.1) is 0 Å². The van der Waals surface area contributed by atoms with Gasteiger partial charge in [-0.2, -0.15) is 0 Å². The Hall–Kier alpha value is -1.77. The second kappa shape index (κ2) is 9.25. The molecule has 0 radical (unpaired) electrons. The Bertz CT molecular complexity index is 720. The molecule has 4 nitrogen and oxygen atoms in total. The van der Waals surface area contributed by atoms with E-state index in [-0.39, 0.29) is 11.9 Å². The van der Waals surface area contributed by atoms with E-state index in [1.165, 1.54) is 11.0 Å². The molecule has 0 spiro atoms. The average molecular weight is 375 g/mol. The van der Waals surface area contributed by atoms with E-state index in [0.29, 0.717) is 8.58 Å². The van der Waals surface area contributed by atoms with Gasteiger partial charge in [0.15, 0.2) is 18.3 Å². The van der Waals surface area contributed by atoms with Crippen LogP contribution in [0.3, 0.4) is 0 Å². The standard InChI is InChI=1S/C21H30NO3P/c1-7-21(2,26-19-14-9-8-12-17(19)22(3)4)16-11-10-13-18(24-6)20(16)25-15-23-5/h8-14,26H,7,15H2,1-6H3. The molecule has 2 rings (SSSR count). The van der Waals surface area contributed by atoms with Gasteiger partial charge < -0.3 is 19.1 Å². The van der Waals surface area contributed by atoms with E-state index in [2.05, 4.69) is 63.2 Å². The van der Waals surface area contributed by atoms with E-state index >= 15 is 0 Å². The summed E-state index contributed by atoms with van der Waals surface area (Å²) < 4.78 is 16.6. The van der Waals surface area contributed by atoms with Crippen LogP contribution in [0.5, 0.6) is 11.5 Å². The molecule has 0 saturated heterocycles. The van der Waals surface area contributed by atoms with Crippen molar-refractivity contribution in [2.45, 2.75) is 25.4 Å². The van der Waals surface area contributed by atoms with E-state index in [9.17, 15) is 0 Å². The van der Waals surface area contributed by atoms with Crippen molar-refractivity contribution >= 4 is 19.6 Å². The number of hydrogen-bond acceptors (Lipinski definition) is 4. The van der Waals surface area contributed by atoms with Crippen LogP contribution in [0.1, 0.15) is 25.8 Å². The number of rotatable bonds is 9. The third-order valence-corrected chi connectivity index (χ3v) is 6.48. The molecule has 0 N–H and O–H groups in total. The Morgan fingerprint density at radius 3 is 2.38 bits per heavy atom. The van der Waals surface area contributed by atoms with Gasteiger partial charge >= 0.3 is 0 Å². The lowest BCUT2D eigenvalue weighted by molar-refractivity contribution is 0.0480. The molecule has 0 amide bonds. The molecule has 0 aliphatic heterocycles. The predicted molar refractivity (Wildman–Crippen MR) is 112 cm³/mol. The Labute approximate surface area is 159 Å². The zero-order chi connectivity index (χ0) is 19.2. The van der Waals surface area contributed by atoms with Crippen LogP contribution in [0.4, 0.5) is 5.69 Å². The van der Waals surface area contributed by atoms with Gasteiger partial charge in [0.25, 0.3) is 0 Å². The SMILES string of the molecule is CCC(C)(Pc1ccccc1N(C)C)c1cccc(OC)c1OCOC. The van der Waals surface area contributed by atoms with Crippen LogP contribution in [-0.2, 0) is 9.89 Å². The van der Waals surface area contributed by atoms with Gasteiger partial charge in [0, 0.05) is 37.6 Å². The number of nitrogens with zero attached hydrogens (tertiary/aromatic N) is 1. The van der Waals surface area contributed by atoms with E-state index in [1.54, 1.807) is 14.2 Å². The van der Waals surface area contributed by atoms with Crippen molar-refractivity contribution in [3.63, 3.8) is 0 Å². The molecule has 0 aromatic heterocycles. The molecule has 142 valence electrons. The number of ether oxygens (including phenoxy) is 3. The molecule has 2 aromatic carbocycles. The van der Waals surface area contributed by atoms with Crippen molar-refractivity contribution in [3.05, 3.63) is 48.0 Å². The summed E-state index contributed by atoms with van der Waals surface area (Å²) in [5.41, 5.74) is 2.41. The molecule has 0 fully saturated rings. The molecule has 2 atom stereocenters. The lowest BCUT2D eigenvalue weighted by Gasteiger charge is -2.33. The van der Waals surface area contributed by atoms with Crippen molar-refractivity contribution in [3.8, 4) is 11.5 Å². The quantitative estimate of drug-likeness (QED) is 0.481. The summed E-state index contributed by atoms with van der Waals surface area (Å²) in [6.45, 7) is 4.72. The van der Waals surface area contributed by atoms with E-state index < -0.39 is 0 Å². The Morgan fingerprint density at radius 1 is 1.04 bits per heavy atom. The van der Waals surface area contributed by atoms with Crippen LogP contribution in [0.2, 0.25) is 0 Å². The summed E-state index contributed by atoms with van der Waals surface area (Å²) in [6.07, 6.45) is 0.990. The number of para-hydroxylation sites is 2. The second-order valence-electron chi connectivity index (χ2n) is 6.61. The summed E-state index contributed by atoms with van der Waals surface area (Å²) in [6, 6.07) is 14.7. The van der Waals surface area contributed by atoms with Crippen molar-refractivity contribution in [2.75, 3.05) is 40.0 Å². The van der Waals surface area contributed by atoms with Gasteiger partial charge in [-0.15, -0.1) is 0 Å². The maximum atomic E-state index is 5.92. The largest absolute Gasteiger partial charge is 0.493 e. The summed E-state index contributed by atoms with van der Waals surface area (Å²) in [5, 5.41) is 1.28. The Kier molecular flexibility index (Phi) is 7.31. The highest BCUT2D eigenvalue weighted by atomic mass is 31.1. The molecule has 0 aliphatic carbocycles. The maximum absolute atomic E-state index is 5.92. The second-order valence-corrected chi connectivity index (χ2v) is 8.50. The third kappa shape index (κ3) is 4.49. The molecule has 0 heterocycles. The molecule has 2 aromatic rings. The van der Waals surface area contributed by atoms with Crippen LogP contribution in [0.15, 0.2) is 42.5 Å². The third-order valence-electron chi connectivity index (χ3n) is 4.62. The zero-order valence-electron chi connectivity index (χ0n) is 16.6. The Morgan fingerprint density at radius 2 is 1.77 bits per heavy atom. The summed E-state index contributed by atoms with van der Waals surface area (Å²) >= 11 is 0. The molecule has 5 heteroatoms. The van der Waals surface area contributed by atoms with Crippen molar-refractivity contribution in [1.29, 1.82) is 0 Å². The Balaban J connectivity index is 2.50. The normalized spacial score (nSPS) is 13.6. The first kappa shape index (κ1) is 20.5. The molecular formula is C21H30NO3P. The van der Waals surface area contributed by atoms with Crippen molar-refractivity contribution in [2.24, 2.45) is 0 Å². The van der Waals surface area contributed by atoms with Gasteiger partial charge in [0.2, 0.25) is 0 Å². The fourth-order valence-electron chi connectivity index (χ4n) is 2.99. The minimum absolute atomic E-state index is 0.0657. The van der Waals surface area contributed by atoms with Gasteiger partial charge in [-0.3, -0.25) is 0 Å². The first-order valence-corrected chi connectivity index (χ1v) is 9.80. The highest BCUT2D eigenvalue weighted by Gasteiger charge is 2.31. The van der Waals surface area contributed by atoms with Gasteiger partial charge in [-0.1, -0.05) is 52.8 Å². The number of anilines is 1. The fourth-order valence-corrected chi connectivity index (χ4v) is 4.71. The number of methoxy groups -OCH3 is 2. The zero-order valence-corrected chi connectivity index (χ0v) is 17.6. The fraction of sp³-hybridized carbons (Fsp3) is 0.429. The van der Waals surface area contributed by atoms with E-state index in [1.807, 2.05) is 12.1 Å². The summed E-state index contributed by atoms with van der Waals surface area (Å²) in [5.74, 6) is 1.51. The maximum Gasteiger partial charge on any atom is 0.188 e. The van der Waals surface area contributed by atoms with Crippen LogP contribution < -0.4 is 19.7 Å². The van der Waals surface area contributed by atoms with Crippen molar-refractivity contribution < 1.29 is 14.2 Å². The van der Waals surface area contributed by atoms with E-state index in [0.717, 1.165) is 23.5 Å². The van der Waals surface area contributed by atoms with Crippen LogP contribution in [0.25, 0.3) is 0 Å². The topological polar surface area (TPSA) is 30.9 Å². The minimum Gasteiger partial charge on any atom is -0.493 e. The molecule has 26 heavy (non-hydrogen) atoms. The van der Waals surface area contributed by atoms with Gasteiger partial charge in [0.1, 0.15) is 0 Å². The first-order valence-electron chi connectivity index (χ1n) is 8.80. The number of hydrogen-bond donors (Lipinski definition) is 0. The highest BCUT2D eigenvalue weighted by Crippen LogP contribution is 2.50. The van der Waals surface area contributed by atoms with E-state index in [4.69, 9.17) is 14.2 Å². The predicted octanol–water partition coefficient (Wildman–Crippen LogP) is 4.37. The van der Waals surface area contributed by atoms with Gasteiger partial charge in [-0.05, 0) is 23.9 Å². The lowest BCUT2D eigenvalue weighted by atomic mass is 9.96. The lowest BCUT2D eigenvalue weighted by Crippen LogP contribution is -2.23. The van der Waals surface area contributed by atoms with Gasteiger partial charge in [-0.25, -0.2) is 0 Å². The van der Waals surface area contributed by atoms with Crippen LogP contribution >= 0.6 is 8.58 Å².